The van der Waals surface area contributed by atoms with Crippen LogP contribution in [-0.4, -0.2) is 29.0 Å². The van der Waals surface area contributed by atoms with Crippen molar-refractivity contribution in [3.63, 3.8) is 0 Å². The smallest absolute Gasteiger partial charge is 0.261 e. The van der Waals surface area contributed by atoms with Gasteiger partial charge >= 0.3 is 0 Å². The molecular weight excluding hydrogens is 458 g/mol. The van der Waals surface area contributed by atoms with Crippen LogP contribution in [0.25, 0.3) is 11.1 Å². The van der Waals surface area contributed by atoms with Crippen molar-refractivity contribution < 1.29 is 23.0 Å². The highest BCUT2D eigenvalue weighted by Gasteiger charge is 2.19. The number of H-pyrrole nitrogens is 1. The maximum atomic E-state index is 14.8. The van der Waals surface area contributed by atoms with Crippen molar-refractivity contribution in [3.05, 3.63) is 94.5 Å². The summed E-state index contributed by atoms with van der Waals surface area (Å²) in [5.74, 6) is -0.802. The first kappa shape index (κ1) is 22.1. The Kier molecular flexibility index (Phi) is 5.84. The van der Waals surface area contributed by atoms with Crippen molar-refractivity contribution in [1.82, 2.24) is 9.97 Å². The number of aromatic nitrogens is 2. The zero-order chi connectivity index (χ0) is 24.4. The van der Waals surface area contributed by atoms with Gasteiger partial charge < -0.3 is 25.1 Å². The summed E-state index contributed by atoms with van der Waals surface area (Å²) >= 11 is 0. The van der Waals surface area contributed by atoms with Crippen LogP contribution in [0, 0.1) is 11.6 Å². The minimum absolute atomic E-state index is 0.0817. The van der Waals surface area contributed by atoms with Crippen molar-refractivity contribution in [3.8, 4) is 28.4 Å². The van der Waals surface area contributed by atoms with Gasteiger partial charge in [0.2, 0.25) is 11.2 Å². The van der Waals surface area contributed by atoms with E-state index < -0.39 is 23.0 Å². The molecule has 0 bridgehead atoms. The molecule has 0 atom stereocenters. The number of halogens is 2. The van der Waals surface area contributed by atoms with Crippen molar-refractivity contribution in [2.75, 3.05) is 23.8 Å². The Morgan fingerprint density at radius 2 is 1.89 bits per heavy atom. The highest BCUT2D eigenvalue weighted by atomic mass is 19.1. The molecule has 0 saturated heterocycles. The molecule has 0 aliphatic carbocycles. The molecule has 176 valence electrons. The van der Waals surface area contributed by atoms with Gasteiger partial charge in [0.05, 0.1) is 6.54 Å². The monoisotopic (exact) mass is 476 g/mol. The number of nitrogens with one attached hydrogen (secondary N) is 3. The lowest BCUT2D eigenvalue weighted by atomic mass is 10.0. The van der Waals surface area contributed by atoms with Gasteiger partial charge in [0.1, 0.15) is 18.0 Å². The van der Waals surface area contributed by atoms with Crippen LogP contribution in [0.3, 0.4) is 0 Å². The summed E-state index contributed by atoms with van der Waals surface area (Å²) in [6.07, 6.45) is 4.19. The minimum atomic E-state index is -0.731. The molecule has 3 heterocycles. The van der Waals surface area contributed by atoms with Gasteiger partial charge in [0.15, 0.2) is 23.1 Å². The first-order valence-electron chi connectivity index (χ1n) is 10.6. The predicted octanol–water partition coefficient (Wildman–Crippen LogP) is 4.56. The van der Waals surface area contributed by atoms with Gasteiger partial charge in [-0.3, -0.25) is 9.59 Å². The Morgan fingerprint density at radius 1 is 1.06 bits per heavy atom. The molecule has 35 heavy (non-hydrogen) atoms. The van der Waals surface area contributed by atoms with Crippen LogP contribution >= 0.6 is 0 Å². The molecule has 2 aromatic heterocycles. The van der Waals surface area contributed by atoms with Crippen molar-refractivity contribution >= 4 is 17.4 Å². The van der Waals surface area contributed by atoms with Crippen LogP contribution in [0.4, 0.5) is 20.3 Å². The molecule has 2 aromatic carbocycles. The molecule has 0 unspecified atom stereocenters. The highest BCUT2D eigenvalue weighted by Crippen LogP contribution is 2.38. The largest absolute Gasteiger partial charge is 0.485 e. The van der Waals surface area contributed by atoms with E-state index in [0.29, 0.717) is 36.0 Å². The number of ether oxygens (including phenoxy) is 2. The molecule has 0 fully saturated rings. The number of amides is 1. The number of rotatable bonds is 5. The van der Waals surface area contributed by atoms with Crippen molar-refractivity contribution in [2.45, 2.75) is 0 Å². The standard InChI is InChI=1S/C25H18F2N4O4/c26-15-3-1-14(2-4-15)17-12-28-13-18(22(17)32)25(33)31-16-5-6-20(19(27)11-16)35-21-7-8-29-24-23(21)34-10-9-30-24/h1-8,11-13H,9-10H2,(H,28,32)(H,29,30)(H,31,33). The minimum Gasteiger partial charge on any atom is -0.485 e. The second kappa shape index (κ2) is 9.26. The van der Waals surface area contributed by atoms with E-state index in [1.165, 1.54) is 55.0 Å². The number of hydrogen-bond donors (Lipinski definition) is 3. The summed E-state index contributed by atoms with van der Waals surface area (Å²) in [5, 5.41) is 5.58. The number of anilines is 2. The van der Waals surface area contributed by atoms with E-state index in [2.05, 4.69) is 20.6 Å². The number of hydrogen-bond acceptors (Lipinski definition) is 6. The lowest BCUT2D eigenvalue weighted by molar-refractivity contribution is 0.102. The SMILES string of the molecule is O=C(Nc1ccc(Oc2ccnc3c2OCCN3)c(F)c1)c1c[nH]cc(-c2ccc(F)cc2)c1=O. The molecule has 5 rings (SSSR count). The van der Waals surface area contributed by atoms with Crippen LogP contribution < -0.4 is 25.5 Å². The summed E-state index contributed by atoms with van der Waals surface area (Å²) in [5.41, 5.74) is 0.0448. The van der Waals surface area contributed by atoms with E-state index in [1.807, 2.05) is 0 Å². The topological polar surface area (TPSA) is 105 Å². The van der Waals surface area contributed by atoms with E-state index in [1.54, 1.807) is 6.07 Å². The Hall–Kier alpha value is -4.73. The molecule has 3 N–H and O–H groups in total. The normalized spacial score (nSPS) is 12.2. The fourth-order valence-corrected chi connectivity index (χ4v) is 3.57. The number of nitrogens with zero attached hydrogens (tertiary/aromatic N) is 1. The lowest BCUT2D eigenvalue weighted by Crippen LogP contribution is -2.22. The number of benzene rings is 2. The number of pyridine rings is 2. The fourth-order valence-electron chi connectivity index (χ4n) is 3.57. The van der Waals surface area contributed by atoms with Crippen LogP contribution in [0.15, 0.2) is 71.9 Å². The summed E-state index contributed by atoms with van der Waals surface area (Å²) < 4.78 is 39.2. The number of aromatic amines is 1. The van der Waals surface area contributed by atoms with E-state index in [4.69, 9.17) is 9.47 Å². The molecule has 10 heteroatoms. The van der Waals surface area contributed by atoms with Crippen molar-refractivity contribution in [1.29, 1.82) is 0 Å². The Labute approximate surface area is 197 Å². The molecule has 1 aliphatic heterocycles. The van der Waals surface area contributed by atoms with Gasteiger partial charge in [-0.2, -0.15) is 0 Å². The molecule has 1 aliphatic rings. The molecule has 0 saturated carbocycles. The third-order valence-electron chi connectivity index (χ3n) is 5.26. The van der Waals surface area contributed by atoms with Crippen LogP contribution in [-0.2, 0) is 0 Å². The van der Waals surface area contributed by atoms with Gasteiger partial charge in [-0.15, -0.1) is 0 Å². The highest BCUT2D eigenvalue weighted by molar-refractivity contribution is 6.04. The maximum Gasteiger partial charge on any atom is 0.261 e. The molecule has 4 aromatic rings. The Bertz CT molecular complexity index is 1470. The molecule has 0 spiro atoms. The maximum absolute atomic E-state index is 14.8. The first-order valence-corrected chi connectivity index (χ1v) is 10.6. The average Bonchev–Trinajstić information content (AvgIpc) is 2.86. The lowest BCUT2D eigenvalue weighted by Gasteiger charge is -2.20. The second-order valence-electron chi connectivity index (χ2n) is 7.58. The predicted molar refractivity (Wildman–Crippen MR) is 125 cm³/mol. The summed E-state index contributed by atoms with van der Waals surface area (Å²) in [7, 11) is 0. The van der Waals surface area contributed by atoms with E-state index >= 15 is 0 Å². The van der Waals surface area contributed by atoms with E-state index in [-0.39, 0.29) is 22.6 Å². The summed E-state index contributed by atoms with van der Waals surface area (Å²) in [6, 6.07) is 10.8. The van der Waals surface area contributed by atoms with Crippen LogP contribution in [0.1, 0.15) is 10.4 Å². The molecule has 1 amide bonds. The van der Waals surface area contributed by atoms with Gasteiger partial charge in [-0.25, -0.2) is 13.8 Å². The van der Waals surface area contributed by atoms with E-state index in [9.17, 15) is 18.4 Å². The van der Waals surface area contributed by atoms with E-state index in [0.717, 1.165) is 6.07 Å². The number of carbonyl (C=O) groups is 1. The van der Waals surface area contributed by atoms with Gasteiger partial charge in [0, 0.05) is 42.0 Å². The third-order valence-corrected chi connectivity index (χ3v) is 5.26. The molecule has 8 nitrogen and oxygen atoms in total. The number of fused-ring (bicyclic) bond motifs is 1. The number of carbonyl (C=O) groups excluding carboxylic acids is 1. The van der Waals surface area contributed by atoms with Crippen LogP contribution in [0.5, 0.6) is 17.2 Å². The molecular formula is C25H18F2N4O4. The van der Waals surface area contributed by atoms with Gasteiger partial charge in [0.25, 0.3) is 5.91 Å². The zero-order valence-corrected chi connectivity index (χ0v) is 18.1. The second-order valence-corrected chi connectivity index (χ2v) is 7.58. The van der Waals surface area contributed by atoms with Crippen molar-refractivity contribution in [2.24, 2.45) is 0 Å². The van der Waals surface area contributed by atoms with Crippen LogP contribution in [0.2, 0.25) is 0 Å². The first-order chi connectivity index (χ1) is 17.0. The van der Waals surface area contributed by atoms with Gasteiger partial charge in [-0.05, 0) is 29.8 Å². The average molecular weight is 476 g/mol. The van der Waals surface area contributed by atoms with Gasteiger partial charge in [-0.1, -0.05) is 12.1 Å². The quantitative estimate of drug-likeness (QED) is 0.390. The fraction of sp³-hybridized carbons (Fsp3) is 0.0800. The zero-order valence-electron chi connectivity index (χ0n) is 18.1. The third kappa shape index (κ3) is 4.54. The molecule has 0 radical (unpaired) electrons. The Balaban J connectivity index is 1.35. The Morgan fingerprint density at radius 3 is 2.69 bits per heavy atom. The summed E-state index contributed by atoms with van der Waals surface area (Å²) in [6.45, 7) is 1.02. The summed E-state index contributed by atoms with van der Waals surface area (Å²) in [4.78, 5) is 32.5.